The maximum atomic E-state index is 12.5. The van der Waals surface area contributed by atoms with Crippen molar-refractivity contribution in [2.45, 2.75) is 19.1 Å². The van der Waals surface area contributed by atoms with Crippen LogP contribution in [0.25, 0.3) is 0 Å². The number of halogens is 1. The fraction of sp³-hybridized carbons (Fsp3) is 0.571. The van der Waals surface area contributed by atoms with Crippen LogP contribution < -0.4 is 0 Å². The Morgan fingerprint density at radius 3 is 2.75 bits per heavy atom. The Hall–Kier alpha value is -0.620. The van der Waals surface area contributed by atoms with Gasteiger partial charge in [0.1, 0.15) is 0 Å². The summed E-state index contributed by atoms with van der Waals surface area (Å²) in [4.78, 5) is 0. The Kier molecular flexibility index (Phi) is 5.43. The van der Waals surface area contributed by atoms with Gasteiger partial charge < -0.3 is 4.74 Å². The van der Waals surface area contributed by atoms with Crippen LogP contribution in [0.4, 0.5) is 0 Å². The van der Waals surface area contributed by atoms with E-state index in [0.29, 0.717) is 36.2 Å². The highest BCUT2D eigenvalue weighted by molar-refractivity contribution is 7.88. The van der Waals surface area contributed by atoms with Crippen molar-refractivity contribution in [1.82, 2.24) is 4.31 Å². The molecule has 1 heterocycles. The third-order valence-corrected chi connectivity index (χ3v) is 5.77. The fourth-order valence-electron chi connectivity index (χ4n) is 2.36. The van der Waals surface area contributed by atoms with E-state index >= 15 is 0 Å². The van der Waals surface area contributed by atoms with Crippen LogP contribution >= 0.6 is 11.6 Å². The predicted octanol–water partition coefficient (Wildman–Crippen LogP) is 2.53. The monoisotopic (exact) mass is 317 g/mol. The third-order valence-electron chi connectivity index (χ3n) is 3.53. The topological polar surface area (TPSA) is 46.6 Å². The Balaban J connectivity index is 2.08. The maximum absolute atomic E-state index is 12.5. The minimum Gasteiger partial charge on any atom is -0.381 e. The van der Waals surface area contributed by atoms with Gasteiger partial charge in [-0.1, -0.05) is 36.7 Å². The molecule has 1 aromatic rings. The smallest absolute Gasteiger partial charge is 0.218 e. The van der Waals surface area contributed by atoms with Crippen molar-refractivity contribution in [2.24, 2.45) is 5.92 Å². The zero-order valence-corrected chi connectivity index (χ0v) is 13.2. The van der Waals surface area contributed by atoms with E-state index in [9.17, 15) is 8.42 Å². The lowest BCUT2D eigenvalue weighted by Gasteiger charge is -2.23. The van der Waals surface area contributed by atoms with E-state index < -0.39 is 10.0 Å². The second kappa shape index (κ2) is 6.89. The molecule has 6 heteroatoms. The van der Waals surface area contributed by atoms with Crippen molar-refractivity contribution < 1.29 is 13.2 Å². The lowest BCUT2D eigenvalue weighted by Crippen LogP contribution is -2.36. The van der Waals surface area contributed by atoms with Crippen LogP contribution in [0.2, 0.25) is 5.02 Å². The number of hydrogen-bond donors (Lipinski definition) is 0. The average molecular weight is 318 g/mol. The van der Waals surface area contributed by atoms with Gasteiger partial charge in [0.2, 0.25) is 10.0 Å². The van der Waals surface area contributed by atoms with Gasteiger partial charge in [-0.3, -0.25) is 0 Å². The van der Waals surface area contributed by atoms with Crippen molar-refractivity contribution in [3.63, 3.8) is 0 Å². The molecule has 20 heavy (non-hydrogen) atoms. The highest BCUT2D eigenvalue weighted by atomic mass is 35.5. The second-order valence-electron chi connectivity index (χ2n) is 5.03. The van der Waals surface area contributed by atoms with E-state index in [1.54, 1.807) is 24.3 Å². The zero-order valence-electron chi connectivity index (χ0n) is 11.6. The van der Waals surface area contributed by atoms with E-state index in [1.807, 2.05) is 6.92 Å². The van der Waals surface area contributed by atoms with Crippen LogP contribution in [0.1, 0.15) is 18.9 Å². The lowest BCUT2D eigenvalue weighted by molar-refractivity contribution is 0.181. The Morgan fingerprint density at radius 2 is 2.15 bits per heavy atom. The van der Waals surface area contributed by atoms with Gasteiger partial charge in [-0.2, -0.15) is 0 Å². The first-order valence-corrected chi connectivity index (χ1v) is 8.80. The summed E-state index contributed by atoms with van der Waals surface area (Å²) in [5.74, 6) is 0.254. The second-order valence-corrected chi connectivity index (χ2v) is 7.40. The molecule has 1 atom stereocenters. The fourth-order valence-corrected chi connectivity index (χ4v) is 4.30. The third kappa shape index (κ3) is 3.95. The molecule has 1 aliphatic rings. The summed E-state index contributed by atoms with van der Waals surface area (Å²) in [5.41, 5.74) is 0.648. The number of benzene rings is 1. The van der Waals surface area contributed by atoms with Gasteiger partial charge in [-0.15, -0.1) is 0 Å². The first kappa shape index (κ1) is 15.8. The quantitative estimate of drug-likeness (QED) is 0.810. The molecule has 0 spiro atoms. The van der Waals surface area contributed by atoms with Crippen molar-refractivity contribution in [3.8, 4) is 0 Å². The number of sulfonamides is 1. The Morgan fingerprint density at radius 1 is 1.40 bits per heavy atom. The van der Waals surface area contributed by atoms with E-state index in [1.165, 1.54) is 4.31 Å². The Bertz CT molecular complexity index is 541. The highest BCUT2D eigenvalue weighted by Gasteiger charge is 2.26. The molecule has 1 aliphatic heterocycles. The van der Waals surface area contributed by atoms with Crippen LogP contribution in [0.5, 0.6) is 0 Å². The van der Waals surface area contributed by atoms with Gasteiger partial charge in [0.05, 0.1) is 12.4 Å². The first-order chi connectivity index (χ1) is 9.53. The van der Waals surface area contributed by atoms with E-state index in [2.05, 4.69) is 0 Å². The minimum absolute atomic E-state index is 0.0475. The summed E-state index contributed by atoms with van der Waals surface area (Å²) in [6.07, 6.45) is 0.929. The molecule has 1 aromatic carbocycles. The standard InChI is InChI=1S/C14H20ClNO3S/c1-2-16(9-12-7-8-19-10-12)20(17,18)11-13-5-3-4-6-14(13)15/h3-6,12H,2,7-11H2,1H3/t12-/m1/s1. The Labute approximate surface area is 125 Å². The molecule has 112 valence electrons. The summed E-state index contributed by atoms with van der Waals surface area (Å²) in [5, 5.41) is 0.497. The van der Waals surface area contributed by atoms with Gasteiger partial charge in [-0.25, -0.2) is 12.7 Å². The SMILES string of the molecule is CCN(C[C@H]1CCOC1)S(=O)(=O)Cc1ccccc1Cl. The van der Waals surface area contributed by atoms with Gasteiger partial charge in [0.25, 0.3) is 0 Å². The summed E-state index contributed by atoms with van der Waals surface area (Å²) < 4.78 is 31.8. The van der Waals surface area contributed by atoms with Crippen molar-refractivity contribution in [2.75, 3.05) is 26.3 Å². The number of ether oxygens (including phenoxy) is 1. The first-order valence-electron chi connectivity index (χ1n) is 6.82. The summed E-state index contributed by atoms with van der Waals surface area (Å²) in [6, 6.07) is 7.07. The molecular weight excluding hydrogens is 298 g/mol. The highest BCUT2D eigenvalue weighted by Crippen LogP contribution is 2.21. The molecule has 0 saturated carbocycles. The van der Waals surface area contributed by atoms with Crippen molar-refractivity contribution in [3.05, 3.63) is 34.9 Å². The summed E-state index contributed by atoms with van der Waals surface area (Å²) in [6.45, 7) is 4.25. The van der Waals surface area contributed by atoms with Crippen molar-refractivity contribution >= 4 is 21.6 Å². The van der Waals surface area contributed by atoms with E-state index in [-0.39, 0.29) is 5.75 Å². The number of hydrogen-bond acceptors (Lipinski definition) is 3. The summed E-state index contributed by atoms with van der Waals surface area (Å²) in [7, 11) is -3.34. The molecule has 0 N–H and O–H groups in total. The molecule has 0 aromatic heterocycles. The van der Waals surface area contributed by atoms with Gasteiger partial charge >= 0.3 is 0 Å². The van der Waals surface area contributed by atoms with Crippen LogP contribution in [0.15, 0.2) is 24.3 Å². The van der Waals surface area contributed by atoms with E-state index in [0.717, 1.165) is 13.0 Å². The van der Waals surface area contributed by atoms with Gasteiger partial charge in [0, 0.05) is 24.7 Å². The van der Waals surface area contributed by atoms with Crippen LogP contribution in [0, 0.1) is 5.92 Å². The molecule has 0 bridgehead atoms. The minimum atomic E-state index is -3.34. The van der Waals surface area contributed by atoms with Crippen LogP contribution in [0.3, 0.4) is 0 Å². The molecule has 1 saturated heterocycles. The van der Waals surface area contributed by atoms with Crippen molar-refractivity contribution in [1.29, 1.82) is 0 Å². The molecule has 0 radical (unpaired) electrons. The lowest BCUT2D eigenvalue weighted by atomic mass is 10.1. The van der Waals surface area contributed by atoms with Gasteiger partial charge in [-0.05, 0) is 24.0 Å². The van der Waals surface area contributed by atoms with Crippen LogP contribution in [-0.4, -0.2) is 39.0 Å². The molecule has 4 nitrogen and oxygen atoms in total. The normalized spacial score (nSPS) is 19.6. The average Bonchev–Trinajstić information content (AvgIpc) is 2.91. The molecule has 0 amide bonds. The number of nitrogens with zero attached hydrogens (tertiary/aromatic N) is 1. The molecule has 1 fully saturated rings. The molecule has 0 aliphatic carbocycles. The maximum Gasteiger partial charge on any atom is 0.218 e. The molecular formula is C14H20ClNO3S. The largest absolute Gasteiger partial charge is 0.381 e. The van der Waals surface area contributed by atoms with Gasteiger partial charge in [0.15, 0.2) is 0 Å². The number of rotatable bonds is 6. The molecule has 0 unspecified atom stereocenters. The molecule has 2 rings (SSSR count). The summed E-state index contributed by atoms with van der Waals surface area (Å²) >= 11 is 6.05. The predicted molar refractivity (Wildman–Crippen MR) is 80.2 cm³/mol. The van der Waals surface area contributed by atoms with E-state index in [4.69, 9.17) is 16.3 Å². The zero-order chi connectivity index (χ0) is 14.6. The van der Waals surface area contributed by atoms with Crippen LogP contribution in [-0.2, 0) is 20.5 Å².